The highest BCUT2D eigenvalue weighted by Gasteiger charge is 2.13. The molecule has 0 aromatic heterocycles. The highest BCUT2D eigenvalue weighted by molar-refractivity contribution is 5.71. The van der Waals surface area contributed by atoms with E-state index in [1.807, 2.05) is 0 Å². The lowest BCUT2D eigenvalue weighted by Crippen LogP contribution is -2.30. The Kier molecular flexibility index (Phi) is 16.1. The maximum absolute atomic E-state index is 11.6. The molecule has 0 rings (SSSR count). The first-order chi connectivity index (χ1) is 14.3. The van der Waals surface area contributed by atoms with Gasteiger partial charge in [0.2, 0.25) is 12.6 Å². The van der Waals surface area contributed by atoms with Crippen molar-refractivity contribution in [2.45, 2.75) is 85.2 Å². The maximum Gasteiger partial charge on any atom is 0.410 e. The fraction of sp³-hybridized carbons (Fsp3) is 0.800. The molecule has 0 aliphatic heterocycles. The van der Waals surface area contributed by atoms with Crippen LogP contribution in [0.3, 0.4) is 0 Å². The third-order valence-corrected chi connectivity index (χ3v) is 3.78. The monoisotopic (exact) mass is 432 g/mol. The van der Waals surface area contributed by atoms with E-state index in [2.05, 4.69) is 10.6 Å². The molecular formula is C20H36N2O8. The normalized spacial score (nSPS) is 12.4. The van der Waals surface area contributed by atoms with Crippen molar-refractivity contribution in [3.05, 3.63) is 0 Å². The van der Waals surface area contributed by atoms with Crippen LogP contribution in [0.2, 0.25) is 0 Å². The maximum atomic E-state index is 11.6. The van der Waals surface area contributed by atoms with E-state index in [0.717, 1.165) is 25.8 Å². The fourth-order valence-corrected chi connectivity index (χ4v) is 2.25. The second kappa shape index (κ2) is 17.5. The summed E-state index contributed by atoms with van der Waals surface area (Å²) in [5, 5.41) is 5.84. The van der Waals surface area contributed by atoms with Gasteiger partial charge in [-0.3, -0.25) is 14.4 Å². The van der Waals surface area contributed by atoms with E-state index in [0.29, 0.717) is 19.5 Å². The van der Waals surface area contributed by atoms with Crippen molar-refractivity contribution in [2.24, 2.45) is 0 Å². The van der Waals surface area contributed by atoms with E-state index in [1.165, 1.54) is 13.8 Å². The van der Waals surface area contributed by atoms with Crippen LogP contribution in [0.5, 0.6) is 0 Å². The van der Waals surface area contributed by atoms with Gasteiger partial charge in [0.05, 0.1) is 0 Å². The van der Waals surface area contributed by atoms with Crippen LogP contribution < -0.4 is 10.6 Å². The van der Waals surface area contributed by atoms with E-state index in [9.17, 15) is 19.2 Å². The van der Waals surface area contributed by atoms with Crippen molar-refractivity contribution >= 4 is 24.0 Å². The first-order valence-corrected chi connectivity index (χ1v) is 10.5. The predicted octanol–water partition coefficient (Wildman–Crippen LogP) is 2.39. The van der Waals surface area contributed by atoms with Gasteiger partial charge in [-0.1, -0.05) is 20.3 Å². The summed E-state index contributed by atoms with van der Waals surface area (Å²) in [5.41, 5.74) is 0. The average Bonchev–Trinajstić information content (AvgIpc) is 2.68. The number of unbranched alkanes of at least 4 members (excludes halogenated alkanes) is 2. The topological polar surface area (TPSA) is 129 Å². The molecule has 10 heteroatoms. The van der Waals surface area contributed by atoms with Gasteiger partial charge in [0.15, 0.2) is 0 Å². The summed E-state index contributed by atoms with van der Waals surface area (Å²) < 4.78 is 19.6. The minimum atomic E-state index is -0.909. The molecule has 10 nitrogen and oxygen atoms in total. The zero-order valence-corrected chi connectivity index (χ0v) is 18.5. The molecule has 0 spiro atoms. The van der Waals surface area contributed by atoms with Gasteiger partial charge >= 0.3 is 24.0 Å². The SMILES string of the molecule is CCC(=O)OC(C)OC(=O)CCCNCCCCCNC(=O)OC(C)OC(=O)CC. The van der Waals surface area contributed by atoms with E-state index in [4.69, 9.17) is 18.9 Å². The highest BCUT2D eigenvalue weighted by atomic mass is 16.7. The van der Waals surface area contributed by atoms with Crippen molar-refractivity contribution in [1.82, 2.24) is 10.6 Å². The number of alkyl carbamates (subject to hydrolysis) is 1. The average molecular weight is 433 g/mol. The van der Waals surface area contributed by atoms with E-state index < -0.39 is 36.6 Å². The van der Waals surface area contributed by atoms with Crippen LogP contribution in [0.15, 0.2) is 0 Å². The summed E-state index contributed by atoms with van der Waals surface area (Å²) in [5.74, 6) is -1.23. The Morgan fingerprint density at radius 2 is 1.17 bits per heavy atom. The number of rotatable bonds is 16. The number of amides is 1. The van der Waals surface area contributed by atoms with Crippen molar-refractivity contribution in [3.8, 4) is 0 Å². The molecule has 2 N–H and O–H groups in total. The smallest absolute Gasteiger partial charge is 0.410 e. The molecule has 0 aromatic carbocycles. The molecule has 0 aliphatic carbocycles. The molecule has 0 saturated carbocycles. The van der Waals surface area contributed by atoms with Gasteiger partial charge in [-0.15, -0.1) is 0 Å². The van der Waals surface area contributed by atoms with Crippen LogP contribution >= 0.6 is 0 Å². The van der Waals surface area contributed by atoms with E-state index in [-0.39, 0.29) is 19.3 Å². The Morgan fingerprint density at radius 1 is 0.667 bits per heavy atom. The standard InChI is InChI=1S/C20H36N2O8/c1-5-17(23)27-15(3)29-19(25)11-10-13-21-12-8-7-9-14-22-20(26)30-16(4)28-18(24)6-2/h15-16,21H,5-14H2,1-4H3,(H,22,26). The summed E-state index contributed by atoms with van der Waals surface area (Å²) in [4.78, 5) is 45.3. The van der Waals surface area contributed by atoms with Gasteiger partial charge in [0.25, 0.3) is 0 Å². The first kappa shape index (κ1) is 27.6. The Bertz CT molecular complexity index is 481. The van der Waals surface area contributed by atoms with Crippen LogP contribution in [-0.4, -0.2) is 56.2 Å². The van der Waals surface area contributed by atoms with Gasteiger partial charge in [-0.05, 0) is 32.4 Å². The quantitative estimate of drug-likeness (QED) is 0.214. The zero-order valence-electron chi connectivity index (χ0n) is 18.5. The van der Waals surface area contributed by atoms with Crippen molar-refractivity contribution in [1.29, 1.82) is 0 Å². The largest absolute Gasteiger partial charge is 0.425 e. The summed E-state index contributed by atoms with van der Waals surface area (Å²) in [7, 11) is 0. The Balaban J connectivity index is 3.51. The lowest BCUT2D eigenvalue weighted by Gasteiger charge is -2.14. The molecule has 0 heterocycles. The minimum Gasteiger partial charge on any atom is -0.425 e. The number of hydrogen-bond donors (Lipinski definition) is 2. The molecule has 0 radical (unpaired) electrons. The molecule has 0 saturated heterocycles. The Hall–Kier alpha value is -2.36. The van der Waals surface area contributed by atoms with Crippen LogP contribution in [0.1, 0.15) is 72.6 Å². The van der Waals surface area contributed by atoms with Crippen LogP contribution in [0.4, 0.5) is 4.79 Å². The number of carbonyl (C=O) groups is 4. The van der Waals surface area contributed by atoms with Gasteiger partial charge < -0.3 is 29.6 Å². The Labute approximate surface area is 178 Å². The van der Waals surface area contributed by atoms with Gasteiger partial charge in [0, 0.05) is 39.7 Å². The molecule has 0 aromatic rings. The number of carbonyl (C=O) groups excluding carboxylic acids is 4. The summed E-state index contributed by atoms with van der Waals surface area (Å²) in [6.07, 6.45) is 1.58. The van der Waals surface area contributed by atoms with E-state index >= 15 is 0 Å². The van der Waals surface area contributed by atoms with E-state index in [1.54, 1.807) is 13.8 Å². The molecule has 0 bridgehead atoms. The number of nitrogens with one attached hydrogen (secondary N) is 2. The van der Waals surface area contributed by atoms with Gasteiger partial charge in [-0.25, -0.2) is 4.79 Å². The summed E-state index contributed by atoms with van der Waals surface area (Å²) >= 11 is 0. The third-order valence-electron chi connectivity index (χ3n) is 3.78. The van der Waals surface area contributed by atoms with Crippen molar-refractivity contribution in [2.75, 3.05) is 19.6 Å². The predicted molar refractivity (Wildman–Crippen MR) is 108 cm³/mol. The lowest BCUT2D eigenvalue weighted by molar-refractivity contribution is -0.184. The number of ether oxygens (including phenoxy) is 4. The molecule has 2 unspecified atom stereocenters. The molecule has 0 fully saturated rings. The second-order valence-electron chi connectivity index (χ2n) is 6.56. The first-order valence-electron chi connectivity index (χ1n) is 10.5. The Morgan fingerprint density at radius 3 is 1.77 bits per heavy atom. The summed E-state index contributed by atoms with van der Waals surface area (Å²) in [6.45, 7) is 8.28. The van der Waals surface area contributed by atoms with Crippen molar-refractivity contribution in [3.63, 3.8) is 0 Å². The second-order valence-corrected chi connectivity index (χ2v) is 6.56. The van der Waals surface area contributed by atoms with Crippen LogP contribution in [0, 0.1) is 0 Å². The minimum absolute atomic E-state index is 0.225. The molecule has 1 amide bonds. The molecule has 174 valence electrons. The molecule has 30 heavy (non-hydrogen) atoms. The zero-order chi connectivity index (χ0) is 22.8. The van der Waals surface area contributed by atoms with Crippen molar-refractivity contribution < 1.29 is 38.1 Å². The van der Waals surface area contributed by atoms with Crippen LogP contribution in [-0.2, 0) is 33.3 Å². The summed E-state index contributed by atoms with van der Waals surface area (Å²) in [6, 6.07) is 0. The fourth-order valence-electron chi connectivity index (χ4n) is 2.25. The van der Waals surface area contributed by atoms with Crippen LogP contribution in [0.25, 0.3) is 0 Å². The lowest BCUT2D eigenvalue weighted by atomic mass is 10.2. The number of esters is 3. The number of hydrogen-bond acceptors (Lipinski definition) is 9. The molecule has 0 aliphatic rings. The third kappa shape index (κ3) is 16.6. The molecule has 2 atom stereocenters. The van der Waals surface area contributed by atoms with Gasteiger partial charge in [-0.2, -0.15) is 0 Å². The highest BCUT2D eigenvalue weighted by Crippen LogP contribution is 2.01. The van der Waals surface area contributed by atoms with Gasteiger partial charge in [0.1, 0.15) is 0 Å². The molecular weight excluding hydrogens is 396 g/mol.